The fraction of sp³-hybridized carbons (Fsp3) is 0.267. The molecule has 0 aliphatic rings. The first-order valence-electron chi connectivity index (χ1n) is 6.90. The van der Waals surface area contributed by atoms with E-state index in [2.05, 4.69) is 32.0 Å². The first-order chi connectivity index (χ1) is 10.3. The van der Waals surface area contributed by atoms with Crippen molar-refractivity contribution in [1.82, 2.24) is 19.7 Å². The van der Waals surface area contributed by atoms with Gasteiger partial charge < -0.3 is 14.3 Å². The highest BCUT2D eigenvalue weighted by molar-refractivity contribution is 5.72. The van der Waals surface area contributed by atoms with E-state index in [-0.39, 0.29) is 0 Å². The van der Waals surface area contributed by atoms with Gasteiger partial charge in [-0.3, -0.25) is 0 Å². The summed E-state index contributed by atoms with van der Waals surface area (Å²) in [4.78, 5) is 4.17. The quantitative estimate of drug-likeness (QED) is 0.779. The summed E-state index contributed by atoms with van der Waals surface area (Å²) in [6, 6.07) is 7.90. The first-order valence-corrected chi connectivity index (χ1v) is 6.90. The van der Waals surface area contributed by atoms with Crippen LogP contribution in [0, 0.1) is 6.92 Å². The van der Waals surface area contributed by atoms with E-state index in [1.807, 2.05) is 36.8 Å². The number of aryl methyl sites for hydroxylation is 2. The monoisotopic (exact) mass is 283 g/mol. The lowest BCUT2D eigenvalue weighted by atomic mass is 10.1. The molecule has 3 aromatic rings. The van der Waals surface area contributed by atoms with Crippen LogP contribution in [0.4, 0.5) is 5.69 Å². The summed E-state index contributed by atoms with van der Waals surface area (Å²) in [5.74, 6) is 1.09. The number of nitrogens with one attached hydrogen (secondary N) is 1. The average molecular weight is 283 g/mol. The van der Waals surface area contributed by atoms with Gasteiger partial charge in [-0.15, -0.1) is 10.2 Å². The van der Waals surface area contributed by atoms with Gasteiger partial charge >= 0.3 is 0 Å². The fourth-order valence-electron chi connectivity index (χ4n) is 2.20. The second-order valence-corrected chi connectivity index (χ2v) is 4.70. The fourth-order valence-corrected chi connectivity index (χ4v) is 2.20. The Balaban J connectivity index is 1.83. The number of anilines is 1. The van der Waals surface area contributed by atoms with Crippen molar-refractivity contribution in [2.75, 3.05) is 5.32 Å². The third-order valence-corrected chi connectivity index (χ3v) is 3.28. The molecule has 0 atom stereocenters. The van der Waals surface area contributed by atoms with E-state index >= 15 is 0 Å². The van der Waals surface area contributed by atoms with Gasteiger partial charge in [0.25, 0.3) is 0 Å². The van der Waals surface area contributed by atoms with Gasteiger partial charge in [-0.2, -0.15) is 0 Å². The molecule has 21 heavy (non-hydrogen) atoms. The van der Waals surface area contributed by atoms with E-state index in [1.54, 1.807) is 6.92 Å². The molecule has 0 fully saturated rings. The molecule has 2 heterocycles. The van der Waals surface area contributed by atoms with Crippen molar-refractivity contribution in [2.24, 2.45) is 0 Å². The summed E-state index contributed by atoms with van der Waals surface area (Å²) in [5, 5.41) is 11.4. The molecule has 0 spiro atoms. The average Bonchev–Trinajstić information content (AvgIpc) is 3.13. The molecule has 6 nitrogen and oxygen atoms in total. The van der Waals surface area contributed by atoms with E-state index in [0.29, 0.717) is 18.3 Å². The van der Waals surface area contributed by atoms with Crippen molar-refractivity contribution in [2.45, 2.75) is 26.9 Å². The van der Waals surface area contributed by atoms with Crippen molar-refractivity contribution in [3.63, 3.8) is 0 Å². The first kappa shape index (κ1) is 13.4. The Hall–Kier alpha value is -2.63. The molecule has 0 amide bonds. The molecule has 0 aliphatic carbocycles. The maximum absolute atomic E-state index is 5.51. The third kappa shape index (κ3) is 2.79. The number of para-hydroxylation sites is 1. The van der Waals surface area contributed by atoms with Crippen molar-refractivity contribution in [3.05, 3.63) is 48.4 Å². The normalized spacial score (nSPS) is 10.8. The Kier molecular flexibility index (Phi) is 3.68. The molecule has 0 radical (unpaired) electrons. The Morgan fingerprint density at radius 1 is 1.24 bits per heavy atom. The van der Waals surface area contributed by atoms with Gasteiger partial charge in [0.15, 0.2) is 0 Å². The smallest absolute Gasteiger partial charge is 0.249 e. The predicted molar refractivity (Wildman–Crippen MR) is 79.7 cm³/mol. The van der Waals surface area contributed by atoms with E-state index in [0.717, 1.165) is 23.5 Å². The summed E-state index contributed by atoms with van der Waals surface area (Å²) in [5.41, 5.74) is 3.00. The van der Waals surface area contributed by atoms with Gasteiger partial charge in [0, 0.05) is 25.4 Å². The Labute approximate surface area is 122 Å². The molecule has 0 bridgehead atoms. The lowest BCUT2D eigenvalue weighted by Gasteiger charge is -2.10. The lowest BCUT2D eigenvalue weighted by molar-refractivity contribution is 0.533. The van der Waals surface area contributed by atoms with E-state index in [4.69, 9.17) is 4.42 Å². The van der Waals surface area contributed by atoms with E-state index in [1.165, 1.54) is 0 Å². The molecule has 1 aromatic carbocycles. The molecular formula is C15H17N5O. The summed E-state index contributed by atoms with van der Waals surface area (Å²) >= 11 is 0. The van der Waals surface area contributed by atoms with Crippen molar-refractivity contribution in [1.29, 1.82) is 0 Å². The predicted octanol–water partition coefficient (Wildman–Crippen LogP) is 2.87. The number of hydrogen-bond acceptors (Lipinski definition) is 5. The zero-order valence-electron chi connectivity index (χ0n) is 12.1. The van der Waals surface area contributed by atoms with Gasteiger partial charge in [0.2, 0.25) is 11.8 Å². The Morgan fingerprint density at radius 3 is 2.86 bits per heavy atom. The minimum atomic E-state index is 0.527. The van der Waals surface area contributed by atoms with Crippen LogP contribution in [0.5, 0.6) is 0 Å². The SMILES string of the molecule is CCn1cncc1CNc1ccccc1-c1nnc(C)o1. The van der Waals surface area contributed by atoms with Crippen LogP contribution in [0.25, 0.3) is 11.5 Å². The standard InChI is InChI=1S/C15H17N5O/c1-3-20-10-16-8-12(20)9-17-14-7-5-4-6-13(14)15-19-18-11(2)21-15/h4-8,10,17H,3,9H2,1-2H3. The molecule has 108 valence electrons. The largest absolute Gasteiger partial charge is 0.421 e. The van der Waals surface area contributed by atoms with Gasteiger partial charge in [0.05, 0.1) is 24.1 Å². The molecule has 6 heteroatoms. The third-order valence-electron chi connectivity index (χ3n) is 3.28. The van der Waals surface area contributed by atoms with Crippen LogP contribution in [0.3, 0.4) is 0 Å². The van der Waals surface area contributed by atoms with E-state index < -0.39 is 0 Å². The highest BCUT2D eigenvalue weighted by Crippen LogP contribution is 2.26. The maximum Gasteiger partial charge on any atom is 0.249 e. The van der Waals surface area contributed by atoms with Crippen molar-refractivity contribution in [3.8, 4) is 11.5 Å². The summed E-state index contributed by atoms with van der Waals surface area (Å²) < 4.78 is 7.62. The number of rotatable bonds is 5. The van der Waals surface area contributed by atoms with Gasteiger partial charge in [-0.05, 0) is 19.1 Å². The number of imidazole rings is 1. The highest BCUT2D eigenvalue weighted by Gasteiger charge is 2.11. The molecule has 1 N–H and O–H groups in total. The maximum atomic E-state index is 5.51. The topological polar surface area (TPSA) is 68.8 Å². The van der Waals surface area contributed by atoms with Crippen molar-refractivity contribution >= 4 is 5.69 Å². The number of benzene rings is 1. The van der Waals surface area contributed by atoms with Crippen LogP contribution in [-0.2, 0) is 13.1 Å². The molecule has 0 unspecified atom stereocenters. The van der Waals surface area contributed by atoms with Crippen LogP contribution < -0.4 is 5.32 Å². The number of nitrogens with zero attached hydrogens (tertiary/aromatic N) is 4. The van der Waals surface area contributed by atoms with Crippen LogP contribution in [0.1, 0.15) is 18.5 Å². The zero-order chi connectivity index (χ0) is 14.7. The minimum absolute atomic E-state index is 0.527. The molecular weight excluding hydrogens is 266 g/mol. The molecule has 0 saturated heterocycles. The summed E-state index contributed by atoms with van der Waals surface area (Å²) in [6.45, 7) is 5.48. The molecule has 3 rings (SSSR count). The van der Waals surface area contributed by atoms with Gasteiger partial charge in [-0.25, -0.2) is 4.98 Å². The van der Waals surface area contributed by atoms with Crippen LogP contribution >= 0.6 is 0 Å². The number of aromatic nitrogens is 4. The summed E-state index contributed by atoms with van der Waals surface area (Å²) in [7, 11) is 0. The number of hydrogen-bond donors (Lipinski definition) is 1. The Morgan fingerprint density at radius 2 is 2.10 bits per heavy atom. The second kappa shape index (κ2) is 5.78. The molecule has 2 aromatic heterocycles. The van der Waals surface area contributed by atoms with Crippen LogP contribution in [0.15, 0.2) is 41.2 Å². The van der Waals surface area contributed by atoms with Gasteiger partial charge in [-0.1, -0.05) is 12.1 Å². The van der Waals surface area contributed by atoms with Crippen LogP contribution in [-0.4, -0.2) is 19.7 Å². The minimum Gasteiger partial charge on any atom is -0.421 e. The van der Waals surface area contributed by atoms with E-state index in [9.17, 15) is 0 Å². The Bertz CT molecular complexity index is 731. The molecule has 0 aliphatic heterocycles. The highest BCUT2D eigenvalue weighted by atomic mass is 16.4. The lowest BCUT2D eigenvalue weighted by Crippen LogP contribution is -2.06. The zero-order valence-corrected chi connectivity index (χ0v) is 12.1. The molecule has 0 saturated carbocycles. The summed E-state index contributed by atoms with van der Waals surface area (Å²) in [6.07, 6.45) is 3.71. The van der Waals surface area contributed by atoms with Crippen molar-refractivity contribution < 1.29 is 4.42 Å². The second-order valence-electron chi connectivity index (χ2n) is 4.70. The van der Waals surface area contributed by atoms with Gasteiger partial charge in [0.1, 0.15) is 0 Å². The van der Waals surface area contributed by atoms with Crippen LogP contribution in [0.2, 0.25) is 0 Å².